The van der Waals surface area contributed by atoms with Crippen LogP contribution in [0.2, 0.25) is 0 Å². The van der Waals surface area contributed by atoms with E-state index in [4.69, 9.17) is 0 Å². The van der Waals surface area contributed by atoms with E-state index in [1.807, 2.05) is 0 Å². The van der Waals surface area contributed by atoms with E-state index in [-0.39, 0.29) is 16.2 Å². The standard InChI is InChI=1S/C67H61N/c1-44-18-15-23-51(38-44)67(8)61-28-13-11-24-57(61)58-37-33-49(42-62(58)67)46-30-34-54(35-31-46)68(55-36-32-45-19-9-10-20-48(45)41-55)63-29-14-12-25-59(63)60-27-17-22-47-21-16-26-56(64(47)60)50-39-52(65(2,3)4)43-53(40-50)66(5,6)7/h9-37,39-44H,38H2,1-8H3. The van der Waals surface area contributed by atoms with Crippen LogP contribution in [-0.4, -0.2) is 0 Å². The van der Waals surface area contributed by atoms with Crippen molar-refractivity contribution in [2.24, 2.45) is 5.92 Å². The first kappa shape index (κ1) is 43.4. The van der Waals surface area contributed by atoms with Crippen molar-refractivity contribution in [3.8, 4) is 44.5 Å². The van der Waals surface area contributed by atoms with Crippen LogP contribution in [0.15, 0.2) is 212 Å². The van der Waals surface area contributed by atoms with Gasteiger partial charge in [-0.3, -0.25) is 0 Å². The summed E-state index contributed by atoms with van der Waals surface area (Å²) >= 11 is 0. The zero-order chi connectivity index (χ0) is 47.0. The van der Waals surface area contributed by atoms with Crippen LogP contribution in [0.5, 0.6) is 0 Å². The van der Waals surface area contributed by atoms with Crippen molar-refractivity contribution in [3.63, 3.8) is 0 Å². The average Bonchev–Trinajstić information content (AvgIpc) is 3.61. The number of hydrogen-bond acceptors (Lipinski definition) is 1. The lowest BCUT2D eigenvalue weighted by Crippen LogP contribution is -2.25. The highest BCUT2D eigenvalue weighted by Crippen LogP contribution is 2.55. The number of hydrogen-bond donors (Lipinski definition) is 0. The van der Waals surface area contributed by atoms with Crippen molar-refractivity contribution in [1.29, 1.82) is 0 Å². The molecule has 0 aromatic heterocycles. The van der Waals surface area contributed by atoms with E-state index in [0.29, 0.717) is 5.92 Å². The van der Waals surface area contributed by atoms with E-state index in [9.17, 15) is 0 Å². The van der Waals surface area contributed by atoms with Gasteiger partial charge in [-0.2, -0.15) is 0 Å². The van der Waals surface area contributed by atoms with Gasteiger partial charge in [0, 0.05) is 22.4 Å². The molecule has 0 spiro atoms. The minimum atomic E-state index is -0.191. The van der Waals surface area contributed by atoms with Gasteiger partial charge < -0.3 is 4.90 Å². The van der Waals surface area contributed by atoms with Gasteiger partial charge in [0.25, 0.3) is 0 Å². The smallest absolute Gasteiger partial charge is 0.0540 e. The molecular formula is C67H61N. The fraction of sp³-hybridized carbons (Fsp3) is 0.194. The highest BCUT2D eigenvalue weighted by Gasteiger charge is 2.42. The molecule has 9 aromatic rings. The van der Waals surface area contributed by atoms with E-state index in [1.165, 1.54) is 93.9 Å². The van der Waals surface area contributed by atoms with Crippen LogP contribution in [0.25, 0.3) is 66.1 Å². The summed E-state index contributed by atoms with van der Waals surface area (Å²) in [5.74, 6) is 0.518. The fourth-order valence-electron chi connectivity index (χ4n) is 11.1. The molecule has 0 fully saturated rings. The molecule has 2 unspecified atom stereocenters. The molecule has 11 rings (SSSR count). The molecule has 68 heavy (non-hydrogen) atoms. The Morgan fingerprint density at radius 3 is 1.76 bits per heavy atom. The molecule has 9 aromatic carbocycles. The third-order valence-corrected chi connectivity index (χ3v) is 15.0. The Morgan fingerprint density at radius 2 is 1.04 bits per heavy atom. The van der Waals surface area contributed by atoms with Gasteiger partial charge in [0.15, 0.2) is 0 Å². The molecule has 0 N–H and O–H groups in total. The summed E-state index contributed by atoms with van der Waals surface area (Å²) in [5.41, 5.74) is 20.2. The van der Waals surface area contributed by atoms with E-state index in [2.05, 4.69) is 267 Å². The lowest BCUT2D eigenvalue weighted by atomic mass is 9.69. The van der Waals surface area contributed by atoms with Crippen LogP contribution in [0.3, 0.4) is 0 Å². The van der Waals surface area contributed by atoms with Gasteiger partial charge >= 0.3 is 0 Å². The molecule has 1 nitrogen and oxygen atoms in total. The van der Waals surface area contributed by atoms with E-state index < -0.39 is 0 Å². The van der Waals surface area contributed by atoms with Gasteiger partial charge in [0.2, 0.25) is 0 Å². The highest BCUT2D eigenvalue weighted by molar-refractivity contribution is 6.09. The molecular weight excluding hydrogens is 819 g/mol. The molecule has 0 amide bonds. The highest BCUT2D eigenvalue weighted by atomic mass is 15.1. The van der Waals surface area contributed by atoms with Crippen molar-refractivity contribution in [2.45, 2.75) is 78.1 Å². The van der Waals surface area contributed by atoms with Crippen LogP contribution < -0.4 is 4.90 Å². The summed E-state index contributed by atoms with van der Waals surface area (Å²) in [6.45, 7) is 18.7. The number of anilines is 3. The lowest BCUT2D eigenvalue weighted by molar-refractivity contribution is 0.569. The quantitative estimate of drug-likeness (QED) is 0.154. The van der Waals surface area contributed by atoms with E-state index >= 15 is 0 Å². The number of nitrogens with zero attached hydrogens (tertiary/aromatic N) is 1. The second-order valence-electron chi connectivity index (χ2n) is 21.6. The Balaban J connectivity index is 1.06. The van der Waals surface area contributed by atoms with Gasteiger partial charge in [-0.25, -0.2) is 0 Å². The summed E-state index contributed by atoms with van der Waals surface area (Å²) in [7, 11) is 0. The van der Waals surface area contributed by atoms with Crippen LogP contribution in [-0.2, 0) is 16.2 Å². The number of fused-ring (bicyclic) bond motifs is 5. The van der Waals surface area contributed by atoms with Crippen LogP contribution >= 0.6 is 0 Å². The van der Waals surface area contributed by atoms with Crippen molar-refractivity contribution in [2.75, 3.05) is 4.90 Å². The molecule has 1 heteroatoms. The molecule has 2 atom stereocenters. The van der Waals surface area contributed by atoms with Gasteiger partial charge in [-0.15, -0.1) is 0 Å². The van der Waals surface area contributed by atoms with Gasteiger partial charge in [0.05, 0.1) is 5.69 Å². The number of allylic oxidation sites excluding steroid dienone is 4. The van der Waals surface area contributed by atoms with E-state index in [1.54, 1.807) is 0 Å². The normalized spacial score (nSPS) is 16.7. The first-order chi connectivity index (χ1) is 32.8. The predicted molar refractivity (Wildman–Crippen MR) is 293 cm³/mol. The maximum Gasteiger partial charge on any atom is 0.0540 e. The third kappa shape index (κ3) is 7.50. The Kier molecular flexibility index (Phi) is 10.5. The molecule has 0 aliphatic heterocycles. The third-order valence-electron chi connectivity index (χ3n) is 15.0. The first-order valence-electron chi connectivity index (χ1n) is 24.5. The SMILES string of the molecule is CC1C=CC=C(C2(C)c3ccccc3-c3ccc(-c4ccc(N(c5ccc6ccccc6c5)c5ccccc5-c5cccc6cccc(-c7cc(C(C)(C)C)cc(C(C)(C)C)c7)c56)cc4)cc32)C1. The van der Waals surface area contributed by atoms with E-state index in [0.717, 1.165) is 23.5 Å². The van der Waals surface area contributed by atoms with Crippen molar-refractivity contribution >= 4 is 38.6 Å². The fourth-order valence-corrected chi connectivity index (χ4v) is 11.1. The van der Waals surface area contributed by atoms with Gasteiger partial charge in [-0.05, 0) is 149 Å². The summed E-state index contributed by atoms with van der Waals surface area (Å²) in [5, 5.41) is 4.94. The van der Waals surface area contributed by atoms with Crippen LogP contribution in [0.1, 0.15) is 84.1 Å². The zero-order valence-corrected chi connectivity index (χ0v) is 40.9. The second kappa shape index (κ2) is 16.5. The van der Waals surface area contributed by atoms with Gasteiger partial charge in [0.1, 0.15) is 0 Å². The predicted octanol–water partition coefficient (Wildman–Crippen LogP) is 18.9. The molecule has 334 valence electrons. The zero-order valence-electron chi connectivity index (χ0n) is 40.9. The van der Waals surface area contributed by atoms with Crippen LogP contribution in [0.4, 0.5) is 17.1 Å². The summed E-state index contributed by atoms with van der Waals surface area (Å²) in [6.07, 6.45) is 8.04. The second-order valence-corrected chi connectivity index (χ2v) is 21.6. The molecule has 0 radical (unpaired) electrons. The van der Waals surface area contributed by atoms with Crippen molar-refractivity contribution in [3.05, 3.63) is 234 Å². The number of para-hydroxylation sites is 1. The summed E-state index contributed by atoms with van der Waals surface area (Å²) < 4.78 is 0. The maximum atomic E-state index is 2.48. The number of rotatable bonds is 7. The first-order valence-corrected chi connectivity index (χ1v) is 24.5. The largest absolute Gasteiger partial charge is 0.310 e. The monoisotopic (exact) mass is 879 g/mol. The summed E-state index contributed by atoms with van der Waals surface area (Å²) in [4.78, 5) is 2.46. The molecule has 2 aliphatic carbocycles. The van der Waals surface area contributed by atoms with Gasteiger partial charge in [-0.1, -0.05) is 224 Å². The number of benzene rings is 9. The molecule has 0 saturated heterocycles. The lowest BCUT2D eigenvalue weighted by Gasteiger charge is -2.33. The molecule has 0 saturated carbocycles. The Bertz CT molecular complexity index is 3440. The average molecular weight is 880 g/mol. The topological polar surface area (TPSA) is 3.24 Å². The Hall–Kier alpha value is -7.22. The Morgan fingerprint density at radius 1 is 0.456 bits per heavy atom. The molecule has 0 heterocycles. The van der Waals surface area contributed by atoms with Crippen molar-refractivity contribution in [1.82, 2.24) is 0 Å². The summed E-state index contributed by atoms with van der Waals surface area (Å²) in [6, 6.07) is 71.0. The van der Waals surface area contributed by atoms with Crippen molar-refractivity contribution < 1.29 is 0 Å². The molecule has 2 aliphatic rings. The minimum Gasteiger partial charge on any atom is -0.310 e. The van der Waals surface area contributed by atoms with Crippen LogP contribution in [0, 0.1) is 5.92 Å². The molecule has 0 bridgehead atoms. The minimum absolute atomic E-state index is 0.00228. The maximum absolute atomic E-state index is 2.48. The Labute approximate surface area is 404 Å².